The Kier molecular flexibility index (Phi) is 7.21. The van der Waals surface area contributed by atoms with Crippen molar-refractivity contribution in [1.29, 1.82) is 0 Å². The number of carbonyl (C=O) groups is 2. The second-order valence-corrected chi connectivity index (χ2v) is 8.26. The fourth-order valence-electron chi connectivity index (χ4n) is 3.90. The number of hydrogen-bond donors (Lipinski definition) is 2. The molecule has 0 bridgehead atoms. The molecule has 3 aromatic rings. The number of nitrogens with two attached hydrogens (primary N) is 1. The van der Waals surface area contributed by atoms with Gasteiger partial charge < -0.3 is 30.3 Å². The number of benzene rings is 2. The van der Waals surface area contributed by atoms with Gasteiger partial charge in [0.1, 0.15) is 12.0 Å². The van der Waals surface area contributed by atoms with Gasteiger partial charge in [-0.1, -0.05) is 17.7 Å². The number of piperazine rings is 1. The van der Waals surface area contributed by atoms with Gasteiger partial charge in [0.05, 0.1) is 25.3 Å². The van der Waals surface area contributed by atoms with Gasteiger partial charge in [0.2, 0.25) is 0 Å². The highest BCUT2D eigenvalue weighted by atomic mass is 35.5. The maximum atomic E-state index is 12.1. The van der Waals surface area contributed by atoms with Gasteiger partial charge in [-0.25, -0.2) is 19.6 Å². The first-order valence-electron chi connectivity index (χ1n) is 10.8. The summed E-state index contributed by atoms with van der Waals surface area (Å²) in [6.45, 7) is 2.96. The molecule has 0 radical (unpaired) electrons. The summed E-state index contributed by atoms with van der Waals surface area (Å²) in [7, 11) is 2.53. The summed E-state index contributed by atoms with van der Waals surface area (Å²) in [4.78, 5) is 37.2. The zero-order valence-corrected chi connectivity index (χ0v) is 20.1. The average Bonchev–Trinajstić information content (AvgIpc) is 2.89. The van der Waals surface area contributed by atoms with Crippen LogP contribution in [-0.2, 0) is 9.47 Å². The van der Waals surface area contributed by atoms with Crippen LogP contribution in [0.15, 0.2) is 48.8 Å². The summed E-state index contributed by atoms with van der Waals surface area (Å²) in [6, 6.07) is 12.3. The molecule has 4 rings (SSSR count). The molecule has 35 heavy (non-hydrogen) atoms. The summed E-state index contributed by atoms with van der Waals surface area (Å²) in [6.07, 6.45) is 1.42. The zero-order valence-electron chi connectivity index (χ0n) is 19.3. The summed E-state index contributed by atoms with van der Waals surface area (Å²) in [5, 5.41) is 3.79. The molecule has 0 amide bonds. The van der Waals surface area contributed by atoms with E-state index in [2.05, 4.69) is 25.1 Å². The van der Waals surface area contributed by atoms with E-state index in [0.29, 0.717) is 41.1 Å². The first-order valence-corrected chi connectivity index (χ1v) is 11.2. The SMILES string of the molecule is COC(=O)c1cc(Nc2ncnc(N3CCN(c4cccc(Cl)c4)CC3)c2N)cc(C(=O)OC)c1. The van der Waals surface area contributed by atoms with Gasteiger partial charge in [0, 0.05) is 42.6 Å². The molecule has 0 aliphatic carbocycles. The van der Waals surface area contributed by atoms with E-state index in [1.807, 2.05) is 24.3 Å². The number of methoxy groups -OCH3 is 2. The third-order valence-electron chi connectivity index (χ3n) is 5.65. The van der Waals surface area contributed by atoms with Gasteiger partial charge >= 0.3 is 11.9 Å². The minimum Gasteiger partial charge on any atom is -0.465 e. The molecule has 0 spiro atoms. The minimum atomic E-state index is -0.590. The van der Waals surface area contributed by atoms with Crippen molar-refractivity contribution in [3.8, 4) is 0 Å². The van der Waals surface area contributed by atoms with Crippen LogP contribution in [-0.4, -0.2) is 62.3 Å². The van der Waals surface area contributed by atoms with Gasteiger partial charge in [-0.3, -0.25) is 0 Å². The van der Waals surface area contributed by atoms with Gasteiger partial charge in [-0.15, -0.1) is 0 Å². The number of anilines is 5. The molecule has 1 fully saturated rings. The average molecular weight is 497 g/mol. The number of nitrogens with zero attached hydrogens (tertiary/aromatic N) is 4. The van der Waals surface area contributed by atoms with Crippen molar-refractivity contribution in [1.82, 2.24) is 9.97 Å². The molecular weight excluding hydrogens is 472 g/mol. The van der Waals surface area contributed by atoms with Crippen LogP contribution in [0.3, 0.4) is 0 Å². The molecule has 10 nitrogen and oxygen atoms in total. The first kappa shape index (κ1) is 24.1. The van der Waals surface area contributed by atoms with Gasteiger partial charge in [0.15, 0.2) is 11.6 Å². The highest BCUT2D eigenvalue weighted by Gasteiger charge is 2.22. The van der Waals surface area contributed by atoms with Gasteiger partial charge in [-0.2, -0.15) is 0 Å². The third-order valence-corrected chi connectivity index (χ3v) is 5.89. The number of rotatable bonds is 6. The van der Waals surface area contributed by atoms with E-state index in [4.69, 9.17) is 26.8 Å². The Morgan fingerprint density at radius 3 is 2.17 bits per heavy atom. The van der Waals surface area contributed by atoms with Gasteiger partial charge in [-0.05, 0) is 36.4 Å². The molecule has 0 saturated carbocycles. The van der Waals surface area contributed by atoms with E-state index in [0.717, 1.165) is 18.8 Å². The van der Waals surface area contributed by atoms with Gasteiger partial charge in [0.25, 0.3) is 0 Å². The molecule has 2 aromatic carbocycles. The lowest BCUT2D eigenvalue weighted by Gasteiger charge is -2.37. The molecule has 3 N–H and O–H groups in total. The maximum Gasteiger partial charge on any atom is 0.337 e. The predicted molar refractivity (Wildman–Crippen MR) is 135 cm³/mol. The Morgan fingerprint density at radius 1 is 0.943 bits per heavy atom. The van der Waals surface area contributed by atoms with Crippen molar-refractivity contribution in [2.75, 3.05) is 61.2 Å². The second kappa shape index (κ2) is 10.5. The topological polar surface area (TPSA) is 123 Å². The normalized spacial score (nSPS) is 13.3. The van der Waals surface area contributed by atoms with E-state index < -0.39 is 11.9 Å². The van der Waals surface area contributed by atoms with Crippen LogP contribution in [0.5, 0.6) is 0 Å². The van der Waals surface area contributed by atoms with Crippen LogP contribution >= 0.6 is 11.6 Å². The molecule has 11 heteroatoms. The van der Waals surface area contributed by atoms with Crippen LogP contribution in [0.4, 0.5) is 28.7 Å². The van der Waals surface area contributed by atoms with Crippen molar-refractivity contribution < 1.29 is 19.1 Å². The Bertz CT molecular complexity index is 1210. The zero-order chi connectivity index (χ0) is 24.9. The van der Waals surface area contributed by atoms with Crippen LogP contribution < -0.4 is 20.9 Å². The summed E-state index contributed by atoms with van der Waals surface area (Å²) in [5.41, 5.74) is 8.65. The third kappa shape index (κ3) is 5.38. The summed E-state index contributed by atoms with van der Waals surface area (Å²) >= 11 is 6.14. The molecule has 1 aliphatic rings. The number of nitrogens with one attached hydrogen (secondary N) is 1. The van der Waals surface area contributed by atoms with Crippen molar-refractivity contribution in [3.63, 3.8) is 0 Å². The monoisotopic (exact) mass is 496 g/mol. The van der Waals surface area contributed by atoms with Crippen molar-refractivity contribution >= 4 is 52.2 Å². The van der Waals surface area contributed by atoms with E-state index >= 15 is 0 Å². The highest BCUT2D eigenvalue weighted by molar-refractivity contribution is 6.30. The lowest BCUT2D eigenvalue weighted by Crippen LogP contribution is -2.47. The Morgan fingerprint density at radius 2 is 1.57 bits per heavy atom. The smallest absolute Gasteiger partial charge is 0.337 e. The van der Waals surface area contributed by atoms with E-state index in [1.165, 1.54) is 26.6 Å². The Labute approximate surface area is 207 Å². The van der Waals surface area contributed by atoms with Crippen molar-refractivity contribution in [2.45, 2.75) is 0 Å². The fourth-order valence-corrected chi connectivity index (χ4v) is 4.08. The van der Waals surface area contributed by atoms with E-state index in [9.17, 15) is 9.59 Å². The number of carbonyl (C=O) groups excluding carboxylic acids is 2. The molecule has 0 unspecified atom stereocenters. The molecule has 1 saturated heterocycles. The highest BCUT2D eigenvalue weighted by Crippen LogP contribution is 2.31. The number of ether oxygens (including phenoxy) is 2. The number of hydrogen-bond acceptors (Lipinski definition) is 10. The van der Waals surface area contributed by atoms with Crippen LogP contribution in [0.25, 0.3) is 0 Å². The summed E-state index contributed by atoms with van der Waals surface area (Å²) in [5.74, 6) is -0.226. The predicted octanol–water partition coefficient (Wildman–Crippen LogP) is 3.36. The van der Waals surface area contributed by atoms with Crippen LogP contribution in [0.2, 0.25) is 5.02 Å². The maximum absolute atomic E-state index is 12.1. The Balaban J connectivity index is 1.54. The molecular formula is C24H25ClN6O4. The number of nitrogen functional groups attached to an aromatic ring is 1. The van der Waals surface area contributed by atoms with E-state index in [1.54, 1.807) is 12.1 Å². The molecule has 182 valence electrons. The quantitative estimate of drug-likeness (QED) is 0.491. The Hall–Kier alpha value is -4.05. The number of halogens is 1. The second-order valence-electron chi connectivity index (χ2n) is 7.82. The first-order chi connectivity index (χ1) is 16.9. The van der Waals surface area contributed by atoms with Crippen LogP contribution in [0, 0.1) is 0 Å². The fraction of sp³-hybridized carbons (Fsp3) is 0.250. The lowest BCUT2D eigenvalue weighted by atomic mass is 10.1. The van der Waals surface area contributed by atoms with Crippen LogP contribution in [0.1, 0.15) is 20.7 Å². The van der Waals surface area contributed by atoms with Crippen molar-refractivity contribution in [3.05, 3.63) is 64.9 Å². The molecule has 1 aliphatic heterocycles. The molecule has 2 heterocycles. The number of esters is 2. The molecule has 0 atom stereocenters. The van der Waals surface area contributed by atoms with E-state index in [-0.39, 0.29) is 11.1 Å². The largest absolute Gasteiger partial charge is 0.465 e. The standard InChI is InChI=1S/C24H25ClN6O4/c1-34-23(32)15-10-16(24(33)35-2)12-18(11-15)29-21-20(26)22(28-14-27-21)31-8-6-30(7-9-31)19-5-3-4-17(25)13-19/h3-5,10-14H,6-9,26H2,1-2H3,(H,27,28,29). The number of aromatic nitrogens is 2. The molecule has 1 aromatic heterocycles. The lowest BCUT2D eigenvalue weighted by molar-refractivity contribution is 0.0599. The van der Waals surface area contributed by atoms with Crippen molar-refractivity contribution in [2.24, 2.45) is 0 Å². The summed E-state index contributed by atoms with van der Waals surface area (Å²) < 4.78 is 9.58. The minimum absolute atomic E-state index is 0.183.